The number of carbonyl (C=O) groups is 2. The van der Waals surface area contributed by atoms with Gasteiger partial charge in [0.25, 0.3) is 5.56 Å². The second-order valence-corrected chi connectivity index (χ2v) is 8.95. The lowest BCUT2D eigenvalue weighted by molar-refractivity contribution is -0.133. The fraction of sp³-hybridized carbons (Fsp3) is 0.458. The highest BCUT2D eigenvalue weighted by Gasteiger charge is 2.46. The number of piperidine rings is 1. The third kappa shape index (κ3) is 4.13. The molecule has 31 heavy (non-hydrogen) atoms. The van der Waals surface area contributed by atoms with Crippen LogP contribution in [0.3, 0.4) is 0 Å². The van der Waals surface area contributed by atoms with E-state index in [-0.39, 0.29) is 41.1 Å². The minimum absolute atomic E-state index is 0.0256. The molecule has 1 atom stereocenters. The van der Waals surface area contributed by atoms with E-state index in [0.717, 1.165) is 30.4 Å². The fourth-order valence-electron chi connectivity index (χ4n) is 5.11. The van der Waals surface area contributed by atoms with Crippen molar-refractivity contribution in [2.75, 3.05) is 27.2 Å². The summed E-state index contributed by atoms with van der Waals surface area (Å²) in [5, 5.41) is 0. The fourth-order valence-corrected chi connectivity index (χ4v) is 5.11. The van der Waals surface area contributed by atoms with E-state index in [2.05, 4.69) is 0 Å². The van der Waals surface area contributed by atoms with Gasteiger partial charge in [-0.2, -0.15) is 0 Å². The molecule has 1 unspecified atom stereocenters. The van der Waals surface area contributed by atoms with Gasteiger partial charge in [0, 0.05) is 45.9 Å². The molecule has 2 heterocycles. The van der Waals surface area contributed by atoms with Gasteiger partial charge < -0.3 is 14.4 Å². The first-order valence-electron chi connectivity index (χ1n) is 10.7. The number of pyridine rings is 1. The molecule has 1 spiro atoms. The van der Waals surface area contributed by atoms with Gasteiger partial charge in [0.2, 0.25) is 11.8 Å². The molecule has 1 aliphatic heterocycles. The highest BCUT2D eigenvalue weighted by molar-refractivity contribution is 5.77. The molecule has 1 aromatic heterocycles. The predicted molar refractivity (Wildman–Crippen MR) is 115 cm³/mol. The van der Waals surface area contributed by atoms with E-state index < -0.39 is 0 Å². The first-order chi connectivity index (χ1) is 14.8. The molecule has 1 saturated heterocycles. The summed E-state index contributed by atoms with van der Waals surface area (Å²) < 4.78 is 15.5. The number of hydrogen-bond donors (Lipinski definition) is 0. The molecule has 0 saturated carbocycles. The average molecular weight is 426 g/mol. The highest BCUT2D eigenvalue weighted by atomic mass is 19.1. The van der Waals surface area contributed by atoms with E-state index in [9.17, 15) is 18.8 Å². The van der Waals surface area contributed by atoms with Crippen LogP contribution in [0.5, 0.6) is 0 Å². The van der Waals surface area contributed by atoms with Crippen molar-refractivity contribution in [3.05, 3.63) is 69.9 Å². The van der Waals surface area contributed by atoms with Crippen LogP contribution in [0.1, 0.15) is 42.7 Å². The van der Waals surface area contributed by atoms with Crippen molar-refractivity contribution in [1.29, 1.82) is 0 Å². The van der Waals surface area contributed by atoms with E-state index in [1.807, 2.05) is 6.07 Å². The highest BCUT2D eigenvalue weighted by Crippen LogP contribution is 2.53. The molecule has 4 rings (SSSR count). The minimum Gasteiger partial charge on any atom is -0.349 e. The van der Waals surface area contributed by atoms with Gasteiger partial charge >= 0.3 is 0 Å². The average Bonchev–Trinajstić information content (AvgIpc) is 3.02. The van der Waals surface area contributed by atoms with Crippen LogP contribution >= 0.6 is 0 Å². The molecule has 1 aliphatic carbocycles. The normalized spacial score (nSPS) is 19.3. The summed E-state index contributed by atoms with van der Waals surface area (Å²) in [5.74, 6) is -0.214. The van der Waals surface area contributed by atoms with Gasteiger partial charge in [0.05, 0.1) is 0 Å². The number of amides is 2. The van der Waals surface area contributed by atoms with Gasteiger partial charge in [-0.25, -0.2) is 4.39 Å². The SMILES string of the molecule is CN(C)C(=O)CC1CC2(CCN(C(=O)Cn3ccccc3=O)CC2)c2cc(F)ccc21. The topological polar surface area (TPSA) is 62.6 Å². The maximum absolute atomic E-state index is 14.1. The Hall–Kier alpha value is -2.96. The molecular formula is C24H28FN3O3. The Morgan fingerprint density at radius 1 is 1.16 bits per heavy atom. The van der Waals surface area contributed by atoms with Crippen LogP contribution < -0.4 is 5.56 Å². The monoisotopic (exact) mass is 425 g/mol. The van der Waals surface area contributed by atoms with E-state index in [4.69, 9.17) is 0 Å². The van der Waals surface area contributed by atoms with E-state index in [1.165, 1.54) is 16.7 Å². The second-order valence-electron chi connectivity index (χ2n) is 8.95. The Labute approximate surface area is 181 Å². The van der Waals surface area contributed by atoms with E-state index in [1.54, 1.807) is 48.3 Å². The van der Waals surface area contributed by atoms with Crippen molar-refractivity contribution < 1.29 is 14.0 Å². The molecule has 6 nitrogen and oxygen atoms in total. The number of benzene rings is 1. The van der Waals surface area contributed by atoms with Gasteiger partial charge in [-0.1, -0.05) is 12.1 Å². The molecule has 1 aromatic carbocycles. The largest absolute Gasteiger partial charge is 0.349 e. The van der Waals surface area contributed by atoms with Crippen LogP contribution in [0.15, 0.2) is 47.4 Å². The molecular weight excluding hydrogens is 397 g/mol. The van der Waals surface area contributed by atoms with Gasteiger partial charge in [-0.15, -0.1) is 0 Å². The van der Waals surface area contributed by atoms with Crippen LogP contribution in [0.4, 0.5) is 4.39 Å². The van der Waals surface area contributed by atoms with Crippen molar-refractivity contribution >= 4 is 11.8 Å². The zero-order chi connectivity index (χ0) is 22.2. The number of halogens is 1. The third-order valence-corrected chi connectivity index (χ3v) is 6.86. The summed E-state index contributed by atoms with van der Waals surface area (Å²) in [5.41, 5.74) is 1.65. The minimum atomic E-state index is -0.264. The molecule has 7 heteroatoms. The Bertz CT molecular complexity index is 1050. The number of nitrogens with zero attached hydrogens (tertiary/aromatic N) is 3. The molecule has 2 aromatic rings. The van der Waals surface area contributed by atoms with Crippen LogP contribution in [0.25, 0.3) is 0 Å². The molecule has 0 radical (unpaired) electrons. The van der Waals surface area contributed by atoms with Gasteiger partial charge in [0.15, 0.2) is 0 Å². The van der Waals surface area contributed by atoms with Gasteiger partial charge in [0.1, 0.15) is 12.4 Å². The second kappa shape index (κ2) is 8.29. The standard InChI is InChI=1S/C24H28FN3O3/c1-26(2)22(30)13-17-15-24(20-14-18(25)6-7-19(17)20)8-11-27(12-9-24)23(31)16-28-10-4-3-5-21(28)29/h3-7,10,14,17H,8-9,11-13,15-16H2,1-2H3. The first kappa shape index (κ1) is 21.3. The van der Waals surface area contributed by atoms with Crippen LogP contribution in [0, 0.1) is 5.82 Å². The zero-order valence-corrected chi connectivity index (χ0v) is 18.0. The Balaban J connectivity index is 1.50. The third-order valence-electron chi connectivity index (χ3n) is 6.86. The number of hydrogen-bond acceptors (Lipinski definition) is 3. The van der Waals surface area contributed by atoms with E-state index >= 15 is 0 Å². The number of fused-ring (bicyclic) bond motifs is 2. The Kier molecular flexibility index (Phi) is 5.69. The summed E-state index contributed by atoms with van der Waals surface area (Å²) in [6, 6.07) is 9.75. The van der Waals surface area contributed by atoms with Gasteiger partial charge in [-0.05, 0) is 59.9 Å². The number of likely N-dealkylation sites (tertiary alicyclic amines) is 1. The molecule has 0 N–H and O–H groups in total. The lowest BCUT2D eigenvalue weighted by atomic mass is 9.73. The smallest absolute Gasteiger partial charge is 0.250 e. The van der Waals surface area contributed by atoms with Crippen LogP contribution in [-0.2, 0) is 21.5 Å². The molecule has 0 bridgehead atoms. The zero-order valence-electron chi connectivity index (χ0n) is 18.0. The Morgan fingerprint density at radius 2 is 1.90 bits per heavy atom. The molecule has 164 valence electrons. The lowest BCUT2D eigenvalue weighted by Gasteiger charge is -2.40. The van der Waals surface area contributed by atoms with Crippen LogP contribution in [-0.4, -0.2) is 53.4 Å². The number of rotatable bonds is 4. The number of aromatic nitrogens is 1. The molecule has 1 fully saturated rings. The summed E-state index contributed by atoms with van der Waals surface area (Å²) in [6.45, 7) is 1.15. The summed E-state index contributed by atoms with van der Waals surface area (Å²) in [7, 11) is 3.50. The molecule has 2 amide bonds. The predicted octanol–water partition coefficient (Wildman–Crippen LogP) is 2.51. The quantitative estimate of drug-likeness (QED) is 0.756. The molecule has 2 aliphatic rings. The summed E-state index contributed by atoms with van der Waals surface area (Å²) >= 11 is 0. The lowest BCUT2D eigenvalue weighted by Crippen LogP contribution is -2.46. The van der Waals surface area contributed by atoms with Crippen LogP contribution in [0.2, 0.25) is 0 Å². The van der Waals surface area contributed by atoms with Gasteiger partial charge in [-0.3, -0.25) is 14.4 Å². The summed E-state index contributed by atoms with van der Waals surface area (Å²) in [4.78, 5) is 40.4. The van der Waals surface area contributed by atoms with Crippen molar-refractivity contribution in [1.82, 2.24) is 14.4 Å². The van der Waals surface area contributed by atoms with E-state index in [0.29, 0.717) is 19.5 Å². The summed E-state index contributed by atoms with van der Waals surface area (Å²) in [6.07, 6.45) is 4.28. The van der Waals surface area contributed by atoms with Crippen molar-refractivity contribution in [3.8, 4) is 0 Å². The number of carbonyl (C=O) groups excluding carboxylic acids is 2. The first-order valence-corrected chi connectivity index (χ1v) is 10.7. The van der Waals surface area contributed by atoms with Crippen molar-refractivity contribution in [2.45, 2.75) is 43.6 Å². The van der Waals surface area contributed by atoms with Crippen molar-refractivity contribution in [2.24, 2.45) is 0 Å². The van der Waals surface area contributed by atoms with Crippen molar-refractivity contribution in [3.63, 3.8) is 0 Å². The maximum Gasteiger partial charge on any atom is 0.250 e. The Morgan fingerprint density at radius 3 is 2.58 bits per heavy atom. The maximum atomic E-state index is 14.1.